The molecule has 38 heavy (non-hydrogen) atoms. The van der Waals surface area contributed by atoms with Crippen LogP contribution in [-0.2, 0) is 19.7 Å². The lowest BCUT2D eigenvalue weighted by Crippen LogP contribution is -2.36. The Hall–Kier alpha value is -2.52. The summed E-state index contributed by atoms with van der Waals surface area (Å²) in [4.78, 5) is 28.3. The van der Waals surface area contributed by atoms with Crippen LogP contribution in [0.25, 0.3) is 0 Å². The molecule has 0 radical (unpaired) electrons. The molecule has 2 heterocycles. The number of carbonyl (C=O) groups excluding carboxylic acids is 2. The third-order valence-electron chi connectivity index (χ3n) is 7.18. The second kappa shape index (κ2) is 12.6. The van der Waals surface area contributed by atoms with Crippen molar-refractivity contribution in [3.05, 3.63) is 51.5 Å². The number of amides is 2. The maximum Gasteiger partial charge on any atom is 0.260 e. The predicted octanol–water partition coefficient (Wildman–Crippen LogP) is 5.65. The molecule has 206 valence electrons. The Morgan fingerprint density at radius 3 is 2.39 bits per heavy atom. The predicted molar refractivity (Wildman–Crippen MR) is 144 cm³/mol. The number of rotatable bonds is 10. The van der Waals surface area contributed by atoms with Crippen molar-refractivity contribution in [2.24, 2.45) is 0 Å². The molecule has 0 saturated carbocycles. The van der Waals surface area contributed by atoms with Gasteiger partial charge in [-0.2, -0.15) is 0 Å². The van der Waals surface area contributed by atoms with Crippen molar-refractivity contribution < 1.29 is 33.3 Å². The van der Waals surface area contributed by atoms with Gasteiger partial charge in [0.2, 0.25) is 11.7 Å². The van der Waals surface area contributed by atoms with Crippen LogP contribution in [0.1, 0.15) is 54.4 Å². The summed E-state index contributed by atoms with van der Waals surface area (Å²) in [6, 6.07) is 8.49. The number of hydrogen-bond acceptors (Lipinski definition) is 7. The van der Waals surface area contributed by atoms with Gasteiger partial charge in [-0.05, 0) is 61.9 Å². The first-order valence-corrected chi connectivity index (χ1v) is 13.4. The maximum absolute atomic E-state index is 13.6. The number of ether oxygens (including phenoxy) is 5. The molecule has 2 amide bonds. The van der Waals surface area contributed by atoms with Crippen molar-refractivity contribution in [3.63, 3.8) is 0 Å². The van der Waals surface area contributed by atoms with Gasteiger partial charge < -0.3 is 23.7 Å². The summed E-state index contributed by atoms with van der Waals surface area (Å²) in [5.74, 6) is 0.320. The van der Waals surface area contributed by atoms with Gasteiger partial charge >= 0.3 is 0 Å². The minimum atomic E-state index is -0.640. The summed E-state index contributed by atoms with van der Waals surface area (Å²) >= 11 is 12.5. The van der Waals surface area contributed by atoms with Gasteiger partial charge in [0.1, 0.15) is 0 Å². The van der Waals surface area contributed by atoms with Crippen LogP contribution in [0.5, 0.6) is 17.2 Å². The molecule has 0 bridgehead atoms. The van der Waals surface area contributed by atoms with Crippen molar-refractivity contribution in [2.75, 3.05) is 41.1 Å². The minimum absolute atomic E-state index is 0.154. The Morgan fingerprint density at radius 2 is 1.79 bits per heavy atom. The molecule has 0 aromatic heterocycles. The fraction of sp³-hybridized carbons (Fsp3) is 0.500. The van der Waals surface area contributed by atoms with E-state index in [1.807, 2.05) is 6.07 Å². The van der Waals surface area contributed by atoms with Gasteiger partial charge in [-0.15, -0.1) is 0 Å². The highest BCUT2D eigenvalue weighted by Gasteiger charge is 2.47. The van der Waals surface area contributed by atoms with Crippen molar-refractivity contribution in [3.8, 4) is 17.2 Å². The number of hydrogen-bond donors (Lipinski definition) is 0. The summed E-state index contributed by atoms with van der Waals surface area (Å²) < 4.78 is 27.8. The Kier molecular flexibility index (Phi) is 9.41. The number of nitrogens with zero attached hydrogens (tertiary/aromatic N) is 1. The SMILES string of the molecule is COc1cc(C(=O)N2CC(CCCOC3CCCCO3)(c3ccc(Cl)c(Cl)c3)CC2=O)cc(OC)c1OC. The monoisotopic (exact) mass is 565 g/mol. The molecule has 2 aliphatic heterocycles. The molecule has 0 aliphatic carbocycles. The number of carbonyl (C=O) groups is 2. The van der Waals surface area contributed by atoms with Crippen LogP contribution in [0.3, 0.4) is 0 Å². The smallest absolute Gasteiger partial charge is 0.260 e. The maximum atomic E-state index is 13.6. The molecular weight excluding hydrogens is 533 g/mol. The van der Waals surface area contributed by atoms with Gasteiger partial charge in [0, 0.05) is 37.2 Å². The average molecular weight is 566 g/mol. The topological polar surface area (TPSA) is 83.5 Å². The van der Waals surface area contributed by atoms with Gasteiger partial charge in [-0.3, -0.25) is 14.5 Å². The zero-order valence-corrected chi connectivity index (χ0v) is 23.4. The summed E-state index contributed by atoms with van der Waals surface area (Å²) in [6.07, 6.45) is 4.28. The number of halogens is 2. The highest BCUT2D eigenvalue weighted by atomic mass is 35.5. The van der Waals surface area contributed by atoms with Crippen molar-refractivity contribution >= 4 is 35.0 Å². The molecule has 0 N–H and O–H groups in total. The fourth-order valence-electron chi connectivity index (χ4n) is 5.18. The van der Waals surface area contributed by atoms with E-state index in [1.165, 1.54) is 26.2 Å². The van der Waals surface area contributed by atoms with Gasteiger partial charge in [0.15, 0.2) is 17.8 Å². The van der Waals surface area contributed by atoms with E-state index in [9.17, 15) is 9.59 Å². The third kappa shape index (κ3) is 6.04. The van der Waals surface area contributed by atoms with E-state index in [1.54, 1.807) is 24.3 Å². The molecule has 2 aromatic rings. The van der Waals surface area contributed by atoms with E-state index >= 15 is 0 Å². The summed E-state index contributed by atoms with van der Waals surface area (Å²) in [7, 11) is 4.44. The zero-order valence-electron chi connectivity index (χ0n) is 21.9. The Bertz CT molecular complexity index is 1140. The number of methoxy groups -OCH3 is 3. The lowest BCUT2D eigenvalue weighted by Gasteiger charge is -2.30. The summed E-state index contributed by atoms with van der Waals surface area (Å²) in [6.45, 7) is 1.40. The molecule has 2 atom stereocenters. The summed E-state index contributed by atoms with van der Waals surface area (Å²) in [5.41, 5.74) is 0.475. The van der Waals surface area contributed by atoms with Crippen LogP contribution in [0.4, 0.5) is 0 Å². The molecule has 2 fully saturated rings. The van der Waals surface area contributed by atoms with E-state index in [-0.39, 0.29) is 30.7 Å². The van der Waals surface area contributed by atoms with E-state index in [4.69, 9.17) is 46.9 Å². The lowest BCUT2D eigenvalue weighted by molar-refractivity contribution is -0.163. The second-order valence-corrected chi connectivity index (χ2v) is 10.4. The number of benzene rings is 2. The van der Waals surface area contributed by atoms with Crippen LogP contribution in [0.2, 0.25) is 10.0 Å². The number of imide groups is 1. The molecule has 4 rings (SSSR count). The van der Waals surface area contributed by atoms with E-state index in [0.717, 1.165) is 24.8 Å². The van der Waals surface area contributed by atoms with E-state index in [2.05, 4.69) is 0 Å². The van der Waals surface area contributed by atoms with Crippen LogP contribution >= 0.6 is 23.2 Å². The molecule has 0 spiro atoms. The van der Waals surface area contributed by atoms with Crippen LogP contribution < -0.4 is 14.2 Å². The fourth-order valence-corrected chi connectivity index (χ4v) is 5.47. The Balaban J connectivity index is 1.58. The van der Waals surface area contributed by atoms with E-state index in [0.29, 0.717) is 53.3 Å². The van der Waals surface area contributed by atoms with Gasteiger partial charge in [-0.1, -0.05) is 29.3 Å². The minimum Gasteiger partial charge on any atom is -0.493 e. The summed E-state index contributed by atoms with van der Waals surface area (Å²) in [5, 5.41) is 0.829. The molecule has 2 unspecified atom stereocenters. The van der Waals surface area contributed by atoms with Crippen LogP contribution in [0.15, 0.2) is 30.3 Å². The number of likely N-dealkylation sites (tertiary alicyclic amines) is 1. The molecule has 2 saturated heterocycles. The van der Waals surface area contributed by atoms with Crippen LogP contribution in [-0.4, -0.2) is 64.1 Å². The quantitative estimate of drug-likeness (QED) is 0.271. The standard InChI is InChI=1S/C28H33Cl2NO7/c1-34-22-13-18(14-23(35-2)26(22)36-3)27(33)31-17-28(16-24(31)32,19-8-9-20(29)21(30)15-19)10-6-12-38-25-7-4-5-11-37-25/h8-9,13-15,25H,4-7,10-12,16-17H2,1-3H3. The van der Waals surface area contributed by atoms with Crippen molar-refractivity contribution in [1.82, 2.24) is 4.90 Å². The second-order valence-electron chi connectivity index (χ2n) is 9.56. The first-order valence-electron chi connectivity index (χ1n) is 12.7. The lowest BCUT2D eigenvalue weighted by atomic mass is 9.76. The molecule has 2 aromatic carbocycles. The van der Waals surface area contributed by atoms with E-state index < -0.39 is 11.3 Å². The average Bonchev–Trinajstić information content (AvgIpc) is 3.28. The van der Waals surface area contributed by atoms with Gasteiger partial charge in [0.25, 0.3) is 5.91 Å². The highest BCUT2D eigenvalue weighted by molar-refractivity contribution is 6.42. The van der Waals surface area contributed by atoms with Crippen molar-refractivity contribution in [1.29, 1.82) is 0 Å². The first-order chi connectivity index (χ1) is 18.3. The molecular formula is C28H33Cl2NO7. The highest BCUT2D eigenvalue weighted by Crippen LogP contribution is 2.43. The molecule has 10 heteroatoms. The molecule has 8 nitrogen and oxygen atoms in total. The Labute approximate surface area is 233 Å². The third-order valence-corrected chi connectivity index (χ3v) is 7.92. The Morgan fingerprint density at radius 1 is 1.05 bits per heavy atom. The first kappa shape index (κ1) is 28.5. The molecule has 2 aliphatic rings. The normalized spacial score (nSPS) is 21.4. The van der Waals surface area contributed by atoms with Gasteiger partial charge in [-0.25, -0.2) is 0 Å². The largest absolute Gasteiger partial charge is 0.493 e. The zero-order chi connectivity index (χ0) is 27.3. The van der Waals surface area contributed by atoms with Crippen LogP contribution in [0, 0.1) is 0 Å². The van der Waals surface area contributed by atoms with Crippen molar-refractivity contribution in [2.45, 2.75) is 50.2 Å². The van der Waals surface area contributed by atoms with Gasteiger partial charge in [0.05, 0.1) is 31.4 Å².